The van der Waals surface area contributed by atoms with E-state index in [1.54, 1.807) is 66.5 Å². The molecule has 5 rings (SSSR count). The van der Waals surface area contributed by atoms with Crippen molar-refractivity contribution in [2.24, 2.45) is 0 Å². The van der Waals surface area contributed by atoms with Gasteiger partial charge >= 0.3 is 0 Å². The number of nitrogens with one attached hydrogen (secondary N) is 1. The highest BCUT2D eigenvalue weighted by atomic mass is 19.1. The molecule has 1 N–H and O–H groups in total. The van der Waals surface area contributed by atoms with Crippen LogP contribution in [0.3, 0.4) is 0 Å². The van der Waals surface area contributed by atoms with Gasteiger partial charge in [-0.3, -0.25) is 19.8 Å². The molecule has 1 spiro atoms. The smallest absolute Gasteiger partial charge is 0.256 e. The molecule has 35 heavy (non-hydrogen) atoms. The first-order chi connectivity index (χ1) is 16.9. The summed E-state index contributed by atoms with van der Waals surface area (Å²) < 4.78 is 24.5. The van der Waals surface area contributed by atoms with Crippen LogP contribution in [0, 0.1) is 15.9 Å². The fourth-order valence-corrected chi connectivity index (χ4v) is 5.36. The Balaban J connectivity index is 1.48. The standard InChI is InChI=1S/C26H24FN3O5/c1-29-14-19(24(30(32)33)26(29)20-5-3-4-6-21(20)28-25(26)31)17-9-12-22(23(13-17)34-2)35-15-16-7-10-18(27)11-8-16/h3-13,19,24H,14-15H2,1-2H3,(H,28,31)/t19-,24+,26+/m0/s1. The van der Waals surface area contributed by atoms with E-state index in [2.05, 4.69) is 5.32 Å². The lowest BCUT2D eigenvalue weighted by Crippen LogP contribution is -2.54. The number of fused-ring (bicyclic) bond motifs is 2. The second-order valence-electron chi connectivity index (χ2n) is 8.81. The zero-order chi connectivity index (χ0) is 24.7. The highest BCUT2D eigenvalue weighted by Gasteiger charge is 2.68. The fraction of sp³-hybridized carbons (Fsp3) is 0.269. The van der Waals surface area contributed by atoms with Crippen molar-refractivity contribution in [3.8, 4) is 11.5 Å². The van der Waals surface area contributed by atoms with Crippen LogP contribution >= 0.6 is 0 Å². The number of nitro groups is 1. The first kappa shape index (κ1) is 22.8. The molecule has 1 fully saturated rings. The van der Waals surface area contributed by atoms with Crippen molar-refractivity contribution >= 4 is 11.6 Å². The molecule has 180 valence electrons. The van der Waals surface area contributed by atoms with E-state index in [0.29, 0.717) is 34.9 Å². The first-order valence-corrected chi connectivity index (χ1v) is 11.2. The van der Waals surface area contributed by atoms with Gasteiger partial charge in [0.15, 0.2) is 17.0 Å². The van der Waals surface area contributed by atoms with Crippen LogP contribution in [0.1, 0.15) is 22.6 Å². The topological polar surface area (TPSA) is 93.9 Å². The van der Waals surface area contributed by atoms with E-state index in [1.165, 1.54) is 19.2 Å². The van der Waals surface area contributed by atoms with Crippen molar-refractivity contribution in [3.63, 3.8) is 0 Å². The number of likely N-dealkylation sites (tertiary alicyclic amines) is 1. The maximum Gasteiger partial charge on any atom is 0.256 e. The number of carbonyl (C=O) groups excluding carboxylic acids is 1. The average molecular weight is 477 g/mol. The number of nitrogens with zero attached hydrogens (tertiary/aromatic N) is 2. The van der Waals surface area contributed by atoms with Gasteiger partial charge in [-0.05, 0) is 48.5 Å². The minimum absolute atomic E-state index is 0.208. The fourth-order valence-electron chi connectivity index (χ4n) is 5.36. The molecule has 1 saturated heterocycles. The molecule has 2 heterocycles. The van der Waals surface area contributed by atoms with Crippen molar-refractivity contribution < 1.29 is 23.6 Å². The van der Waals surface area contributed by atoms with Gasteiger partial charge in [-0.15, -0.1) is 0 Å². The van der Waals surface area contributed by atoms with E-state index in [1.807, 2.05) is 0 Å². The summed E-state index contributed by atoms with van der Waals surface area (Å²) in [6.45, 7) is 0.520. The summed E-state index contributed by atoms with van der Waals surface area (Å²) in [6, 6.07) is 17.1. The van der Waals surface area contributed by atoms with Crippen LogP contribution in [0.5, 0.6) is 11.5 Å². The second kappa shape index (κ2) is 8.66. The second-order valence-corrected chi connectivity index (χ2v) is 8.81. The molecule has 2 aliphatic heterocycles. The quantitative estimate of drug-likeness (QED) is 0.427. The van der Waals surface area contributed by atoms with Gasteiger partial charge in [-0.1, -0.05) is 36.4 Å². The van der Waals surface area contributed by atoms with Gasteiger partial charge in [0.1, 0.15) is 12.4 Å². The lowest BCUT2D eigenvalue weighted by atomic mass is 9.79. The largest absolute Gasteiger partial charge is 0.493 e. The van der Waals surface area contributed by atoms with Gasteiger partial charge in [0.25, 0.3) is 11.9 Å². The molecule has 0 aliphatic carbocycles. The van der Waals surface area contributed by atoms with Crippen LogP contribution in [0.2, 0.25) is 0 Å². The molecular formula is C26H24FN3O5. The average Bonchev–Trinajstić information content (AvgIpc) is 3.33. The van der Waals surface area contributed by atoms with Crippen LogP contribution in [0.4, 0.5) is 10.1 Å². The van der Waals surface area contributed by atoms with E-state index < -0.39 is 23.4 Å². The Morgan fingerprint density at radius 2 is 1.89 bits per heavy atom. The molecule has 3 atom stereocenters. The van der Waals surface area contributed by atoms with E-state index in [4.69, 9.17) is 9.47 Å². The number of carbonyl (C=O) groups is 1. The molecule has 3 aromatic rings. The molecule has 8 nitrogen and oxygen atoms in total. The molecule has 0 bridgehead atoms. The number of hydrogen-bond acceptors (Lipinski definition) is 6. The van der Waals surface area contributed by atoms with Crippen molar-refractivity contribution in [2.45, 2.75) is 24.1 Å². The van der Waals surface area contributed by atoms with Gasteiger partial charge in [0.2, 0.25) is 0 Å². The highest BCUT2D eigenvalue weighted by Crippen LogP contribution is 2.52. The number of halogens is 1. The van der Waals surface area contributed by atoms with Crippen LogP contribution < -0.4 is 14.8 Å². The van der Waals surface area contributed by atoms with Gasteiger partial charge in [0, 0.05) is 22.7 Å². The normalized spacial score (nSPS) is 23.2. The van der Waals surface area contributed by atoms with E-state index in [-0.39, 0.29) is 17.3 Å². The third-order valence-corrected chi connectivity index (χ3v) is 6.96. The van der Waals surface area contributed by atoms with Gasteiger partial charge < -0.3 is 14.8 Å². The number of rotatable bonds is 6. The Morgan fingerprint density at radius 3 is 2.60 bits per heavy atom. The molecular weight excluding hydrogens is 453 g/mol. The van der Waals surface area contributed by atoms with E-state index in [9.17, 15) is 19.3 Å². The number of ether oxygens (including phenoxy) is 2. The number of amides is 1. The minimum atomic E-state index is -1.41. The predicted octanol–water partition coefficient (Wildman–Crippen LogP) is 3.94. The van der Waals surface area contributed by atoms with Crippen molar-refractivity contribution in [1.82, 2.24) is 4.90 Å². The zero-order valence-electron chi connectivity index (χ0n) is 19.2. The van der Waals surface area contributed by atoms with E-state index >= 15 is 0 Å². The molecule has 9 heteroatoms. The summed E-state index contributed by atoms with van der Waals surface area (Å²) >= 11 is 0. The van der Waals surface area contributed by atoms with Crippen molar-refractivity contribution in [1.29, 1.82) is 0 Å². The Labute approximate surface area is 201 Å². The minimum Gasteiger partial charge on any atom is -0.493 e. The monoisotopic (exact) mass is 477 g/mol. The summed E-state index contributed by atoms with van der Waals surface area (Å²) in [4.78, 5) is 27.1. The summed E-state index contributed by atoms with van der Waals surface area (Å²) in [5.41, 5.74) is 1.27. The van der Waals surface area contributed by atoms with Gasteiger partial charge in [-0.25, -0.2) is 4.39 Å². The van der Waals surface area contributed by atoms with Crippen molar-refractivity contribution in [3.05, 3.63) is 99.4 Å². The predicted molar refractivity (Wildman–Crippen MR) is 127 cm³/mol. The Kier molecular flexibility index (Phi) is 5.64. The molecule has 2 aliphatic rings. The zero-order valence-corrected chi connectivity index (χ0v) is 19.2. The third-order valence-electron chi connectivity index (χ3n) is 6.96. The number of methoxy groups -OCH3 is 1. The molecule has 0 aromatic heterocycles. The van der Waals surface area contributed by atoms with Gasteiger partial charge in [-0.2, -0.15) is 0 Å². The number of para-hydroxylation sites is 1. The molecule has 1 amide bonds. The number of benzene rings is 3. The first-order valence-electron chi connectivity index (χ1n) is 11.2. The molecule has 0 radical (unpaired) electrons. The van der Waals surface area contributed by atoms with Crippen LogP contribution in [-0.4, -0.2) is 42.5 Å². The maximum atomic E-state index is 13.3. The lowest BCUT2D eigenvalue weighted by Gasteiger charge is -2.30. The Hall–Kier alpha value is -3.98. The third kappa shape index (κ3) is 3.59. The number of anilines is 1. The Bertz CT molecular complexity index is 1300. The SMILES string of the molecule is COc1cc([C@@H]2CN(C)[C@@]3(C(=O)Nc4ccccc43)[C@@H]2[N+](=O)[O-])ccc1OCc1ccc(F)cc1. The van der Waals surface area contributed by atoms with Crippen LogP contribution in [0.25, 0.3) is 0 Å². The summed E-state index contributed by atoms with van der Waals surface area (Å²) in [5, 5.41) is 15.3. The Morgan fingerprint density at radius 1 is 1.14 bits per heavy atom. The number of hydrogen-bond donors (Lipinski definition) is 1. The summed E-state index contributed by atoms with van der Waals surface area (Å²) in [7, 11) is 3.24. The summed E-state index contributed by atoms with van der Waals surface area (Å²) in [5.74, 6) is -0.396. The van der Waals surface area contributed by atoms with Gasteiger partial charge in [0.05, 0.1) is 13.0 Å². The van der Waals surface area contributed by atoms with Crippen molar-refractivity contribution in [2.75, 3.05) is 26.0 Å². The number of likely N-dealkylation sites (N-methyl/N-ethyl adjacent to an activating group) is 1. The molecule has 0 saturated carbocycles. The van der Waals surface area contributed by atoms with E-state index in [0.717, 1.165) is 5.56 Å². The maximum absolute atomic E-state index is 13.3. The lowest BCUT2D eigenvalue weighted by molar-refractivity contribution is -0.534. The van der Waals surface area contributed by atoms with Crippen LogP contribution in [0.15, 0.2) is 66.7 Å². The van der Waals surface area contributed by atoms with Crippen LogP contribution in [-0.2, 0) is 16.9 Å². The molecule has 3 aromatic carbocycles. The highest BCUT2D eigenvalue weighted by molar-refractivity contribution is 6.06. The molecule has 0 unspecified atom stereocenters. The summed E-state index contributed by atoms with van der Waals surface area (Å²) in [6.07, 6.45) is 0.